The van der Waals surface area contributed by atoms with E-state index in [1.54, 1.807) is 0 Å². The lowest BCUT2D eigenvalue weighted by Crippen LogP contribution is -2.04. The van der Waals surface area contributed by atoms with E-state index in [2.05, 4.69) is 143 Å². The van der Waals surface area contributed by atoms with Crippen molar-refractivity contribution in [2.45, 2.75) is 6.42 Å². The molecule has 182 valence electrons. The molecule has 0 radical (unpaired) electrons. The van der Waals surface area contributed by atoms with Gasteiger partial charge < -0.3 is 0 Å². The summed E-state index contributed by atoms with van der Waals surface area (Å²) >= 11 is 3.52. The molecule has 6 rings (SSSR count). The van der Waals surface area contributed by atoms with Crippen LogP contribution >= 0.6 is 15.9 Å². The van der Waals surface area contributed by atoms with E-state index >= 15 is 0 Å². The third-order valence-electron chi connectivity index (χ3n) is 6.67. The van der Waals surface area contributed by atoms with Crippen molar-refractivity contribution >= 4 is 33.2 Å². The molecule has 5 aromatic carbocycles. The average molecular weight is 554 g/mol. The maximum Gasteiger partial charge on any atom is 0.160 e. The number of hydrogen-bond donors (Lipinski definition) is 0. The number of benzene rings is 5. The second kappa shape index (κ2) is 11.0. The molecule has 0 atom stereocenters. The summed E-state index contributed by atoms with van der Waals surface area (Å²) in [6.07, 6.45) is 2.90. The molecule has 0 amide bonds. The normalized spacial score (nSPS) is 13.2. The van der Waals surface area contributed by atoms with Crippen LogP contribution in [0.25, 0.3) is 28.0 Å². The van der Waals surface area contributed by atoms with Crippen LogP contribution < -0.4 is 0 Å². The van der Waals surface area contributed by atoms with E-state index in [-0.39, 0.29) is 0 Å². The highest BCUT2D eigenvalue weighted by molar-refractivity contribution is 9.10. The SMILES string of the molecule is Brc1ccc(-c2ccc(C3=NC(c4ccc(-c5ccccc5)cc4)=CCC(c4ccccc4)=N3)cc2)cc1. The maximum absolute atomic E-state index is 5.09. The van der Waals surface area contributed by atoms with Crippen molar-refractivity contribution < 1.29 is 0 Å². The van der Waals surface area contributed by atoms with Crippen molar-refractivity contribution in [3.05, 3.63) is 161 Å². The average Bonchev–Trinajstić information content (AvgIpc) is 3.22. The first kappa shape index (κ1) is 24.0. The van der Waals surface area contributed by atoms with E-state index in [9.17, 15) is 0 Å². The molecule has 0 bridgehead atoms. The Labute approximate surface area is 231 Å². The third kappa shape index (κ3) is 5.34. The molecule has 0 fully saturated rings. The number of rotatable bonds is 5. The van der Waals surface area contributed by atoms with Gasteiger partial charge in [0.1, 0.15) is 0 Å². The van der Waals surface area contributed by atoms with Crippen LogP contribution in [0.2, 0.25) is 0 Å². The molecule has 0 saturated carbocycles. The largest absolute Gasteiger partial charge is 0.232 e. The zero-order valence-electron chi connectivity index (χ0n) is 20.8. The second-order valence-electron chi connectivity index (χ2n) is 9.18. The van der Waals surface area contributed by atoms with Gasteiger partial charge in [-0.15, -0.1) is 0 Å². The van der Waals surface area contributed by atoms with E-state index in [1.807, 2.05) is 12.1 Å². The molecular formula is C35H25BrN2. The molecule has 1 aliphatic heterocycles. The van der Waals surface area contributed by atoms with Crippen LogP contribution in [-0.4, -0.2) is 11.5 Å². The minimum atomic E-state index is 0.712. The summed E-state index contributed by atoms with van der Waals surface area (Å²) in [6.45, 7) is 0. The summed E-state index contributed by atoms with van der Waals surface area (Å²) in [5.74, 6) is 0.724. The molecule has 1 aliphatic rings. The first-order valence-corrected chi connectivity index (χ1v) is 13.5. The standard InChI is InChI=1S/C35H25BrN2/c36-32-21-19-28(20-22-32)27-13-17-31(18-14-27)35-37-33(29-9-5-2-6-10-29)23-24-34(38-35)30-15-11-26(12-16-30)25-7-3-1-4-8-25/h1-22,24H,23H2. The molecule has 0 N–H and O–H groups in total. The van der Waals surface area contributed by atoms with Crippen LogP contribution in [0.15, 0.2) is 154 Å². The molecule has 5 aromatic rings. The summed E-state index contributed by atoms with van der Waals surface area (Å²) in [5.41, 5.74) is 9.87. The van der Waals surface area contributed by atoms with Gasteiger partial charge in [-0.1, -0.05) is 143 Å². The smallest absolute Gasteiger partial charge is 0.160 e. The van der Waals surface area contributed by atoms with Crippen LogP contribution in [0.3, 0.4) is 0 Å². The molecule has 1 heterocycles. The van der Waals surface area contributed by atoms with Gasteiger partial charge >= 0.3 is 0 Å². The van der Waals surface area contributed by atoms with Gasteiger partial charge in [-0.25, -0.2) is 9.98 Å². The molecule has 0 aliphatic carbocycles. The predicted molar refractivity (Wildman–Crippen MR) is 164 cm³/mol. The van der Waals surface area contributed by atoms with Crippen molar-refractivity contribution in [3.8, 4) is 22.3 Å². The van der Waals surface area contributed by atoms with E-state index in [4.69, 9.17) is 9.98 Å². The Balaban J connectivity index is 1.37. The maximum atomic E-state index is 5.09. The molecule has 0 saturated heterocycles. The minimum Gasteiger partial charge on any atom is -0.232 e. The first-order valence-electron chi connectivity index (χ1n) is 12.7. The Morgan fingerprint density at radius 2 is 0.868 bits per heavy atom. The minimum absolute atomic E-state index is 0.712. The number of halogens is 1. The van der Waals surface area contributed by atoms with E-state index in [1.165, 1.54) is 16.7 Å². The molecule has 38 heavy (non-hydrogen) atoms. The number of hydrogen-bond acceptors (Lipinski definition) is 2. The van der Waals surface area contributed by atoms with Crippen LogP contribution in [0.5, 0.6) is 0 Å². The van der Waals surface area contributed by atoms with E-state index < -0.39 is 0 Å². The van der Waals surface area contributed by atoms with Crippen LogP contribution in [0.4, 0.5) is 0 Å². The van der Waals surface area contributed by atoms with Crippen molar-refractivity contribution in [1.82, 2.24) is 0 Å². The molecule has 0 aromatic heterocycles. The lowest BCUT2D eigenvalue weighted by atomic mass is 10.0. The van der Waals surface area contributed by atoms with Crippen molar-refractivity contribution in [2.24, 2.45) is 9.98 Å². The van der Waals surface area contributed by atoms with Gasteiger partial charge in [0.15, 0.2) is 5.84 Å². The van der Waals surface area contributed by atoms with Gasteiger partial charge in [0.05, 0.1) is 11.4 Å². The second-order valence-corrected chi connectivity index (χ2v) is 10.1. The lowest BCUT2D eigenvalue weighted by molar-refractivity contribution is 1.42. The molecule has 0 unspecified atom stereocenters. The number of allylic oxidation sites excluding steroid dienone is 1. The van der Waals surface area contributed by atoms with Gasteiger partial charge in [-0.3, -0.25) is 0 Å². The van der Waals surface area contributed by atoms with Gasteiger partial charge in [-0.2, -0.15) is 0 Å². The summed E-state index contributed by atoms with van der Waals surface area (Å²) in [5, 5.41) is 0. The molecule has 2 nitrogen and oxygen atoms in total. The lowest BCUT2D eigenvalue weighted by Gasteiger charge is -2.08. The summed E-state index contributed by atoms with van der Waals surface area (Å²) < 4.78 is 1.07. The van der Waals surface area contributed by atoms with Gasteiger partial charge in [0.2, 0.25) is 0 Å². The highest BCUT2D eigenvalue weighted by Crippen LogP contribution is 2.27. The van der Waals surface area contributed by atoms with Crippen molar-refractivity contribution in [2.75, 3.05) is 0 Å². The zero-order valence-corrected chi connectivity index (χ0v) is 22.3. The highest BCUT2D eigenvalue weighted by Gasteiger charge is 2.14. The molecular weight excluding hydrogens is 528 g/mol. The van der Waals surface area contributed by atoms with Gasteiger partial charge in [0, 0.05) is 16.5 Å². The number of nitrogens with zero attached hydrogens (tertiary/aromatic N) is 2. The highest BCUT2D eigenvalue weighted by atomic mass is 79.9. The quantitative estimate of drug-likeness (QED) is 0.207. The van der Waals surface area contributed by atoms with Gasteiger partial charge in [0.25, 0.3) is 0 Å². The van der Waals surface area contributed by atoms with Crippen LogP contribution in [0.1, 0.15) is 23.1 Å². The third-order valence-corrected chi connectivity index (χ3v) is 7.20. The predicted octanol–water partition coefficient (Wildman–Crippen LogP) is 9.46. The number of amidine groups is 1. The van der Waals surface area contributed by atoms with Gasteiger partial charge in [-0.05, 0) is 45.5 Å². The zero-order chi connectivity index (χ0) is 25.7. The first-order chi connectivity index (χ1) is 18.7. The molecule has 3 heteroatoms. The summed E-state index contributed by atoms with van der Waals surface area (Å²) in [6, 6.07) is 46.3. The van der Waals surface area contributed by atoms with E-state index in [0.29, 0.717) is 6.42 Å². The Hall–Kier alpha value is -4.34. The monoisotopic (exact) mass is 552 g/mol. The van der Waals surface area contributed by atoms with Crippen LogP contribution in [-0.2, 0) is 0 Å². The Morgan fingerprint density at radius 3 is 1.45 bits per heavy atom. The van der Waals surface area contributed by atoms with Crippen LogP contribution in [0, 0.1) is 0 Å². The molecule has 0 spiro atoms. The summed E-state index contributed by atoms with van der Waals surface area (Å²) in [7, 11) is 0. The van der Waals surface area contributed by atoms with E-state index in [0.717, 1.165) is 44.0 Å². The fraction of sp³-hybridized carbons (Fsp3) is 0.0286. The summed E-state index contributed by atoms with van der Waals surface area (Å²) in [4.78, 5) is 10.2. The topological polar surface area (TPSA) is 24.7 Å². The fourth-order valence-electron chi connectivity index (χ4n) is 4.59. The Morgan fingerprint density at radius 1 is 0.421 bits per heavy atom. The Bertz CT molecular complexity index is 1630. The Kier molecular flexibility index (Phi) is 6.93. The number of aliphatic imine (C=N–C) groups is 2. The fourth-order valence-corrected chi connectivity index (χ4v) is 4.86. The van der Waals surface area contributed by atoms with Crippen molar-refractivity contribution in [1.29, 1.82) is 0 Å². The van der Waals surface area contributed by atoms with Crippen molar-refractivity contribution in [3.63, 3.8) is 0 Å².